The molecule has 3 atom stereocenters. The number of nitrogens with zero attached hydrogens (tertiary/aromatic N) is 1. The van der Waals surface area contributed by atoms with E-state index < -0.39 is 5.60 Å². The number of rotatable bonds is 12. The Morgan fingerprint density at radius 2 is 1.71 bits per heavy atom. The number of likely N-dealkylation sites (N-methyl/N-ethyl adjacent to an activating group) is 1. The summed E-state index contributed by atoms with van der Waals surface area (Å²) in [6.07, 6.45) is 7.39. The van der Waals surface area contributed by atoms with E-state index in [4.69, 9.17) is 9.47 Å². The zero-order valence-corrected chi connectivity index (χ0v) is 21.1. The van der Waals surface area contributed by atoms with Crippen LogP contribution >= 0.6 is 0 Å². The smallest absolute Gasteiger partial charge is 0.161 e. The first kappa shape index (κ1) is 24.8. The highest BCUT2D eigenvalue weighted by molar-refractivity contribution is 5.69. The molecule has 4 nitrogen and oxygen atoms in total. The molecule has 1 fully saturated rings. The molecule has 4 heteroatoms. The molecule has 0 radical (unpaired) electrons. The van der Waals surface area contributed by atoms with Crippen molar-refractivity contribution in [2.45, 2.75) is 58.5 Å². The second-order valence-corrected chi connectivity index (χ2v) is 9.76. The summed E-state index contributed by atoms with van der Waals surface area (Å²) in [7, 11) is 0. The van der Waals surface area contributed by atoms with Gasteiger partial charge in [-0.25, -0.2) is 0 Å². The summed E-state index contributed by atoms with van der Waals surface area (Å²) in [5.41, 5.74) is 3.47. The molecule has 34 heavy (non-hydrogen) atoms. The summed E-state index contributed by atoms with van der Waals surface area (Å²) in [6, 6.07) is 17.0. The quantitative estimate of drug-likeness (QED) is 0.420. The summed E-state index contributed by atoms with van der Waals surface area (Å²) >= 11 is 0. The molecule has 0 aromatic heterocycles. The Hall–Kier alpha value is -2.30. The Kier molecular flexibility index (Phi) is 8.33. The van der Waals surface area contributed by atoms with E-state index in [2.05, 4.69) is 60.4 Å². The first-order valence-electron chi connectivity index (χ1n) is 13.2. The Morgan fingerprint density at radius 1 is 0.941 bits per heavy atom. The van der Waals surface area contributed by atoms with Gasteiger partial charge in [0.1, 0.15) is 0 Å². The zero-order valence-electron chi connectivity index (χ0n) is 21.1. The van der Waals surface area contributed by atoms with Gasteiger partial charge in [-0.2, -0.15) is 0 Å². The lowest BCUT2D eigenvalue weighted by Crippen LogP contribution is -2.48. The first-order chi connectivity index (χ1) is 16.6. The minimum absolute atomic E-state index is 0.270. The molecule has 3 unspecified atom stereocenters. The second-order valence-electron chi connectivity index (χ2n) is 9.76. The van der Waals surface area contributed by atoms with Gasteiger partial charge in [0, 0.05) is 19.0 Å². The topological polar surface area (TPSA) is 41.9 Å². The Balaban J connectivity index is 1.35. The second kappa shape index (κ2) is 11.4. The number of benzene rings is 2. The van der Waals surface area contributed by atoms with Crippen LogP contribution in [0.5, 0.6) is 11.5 Å². The SMILES string of the molecule is CCOc1ccc(CCN(CC)CCC2(O)CC3CCC2C=C3c2ccccc2)cc1OCC. The van der Waals surface area contributed by atoms with Crippen LogP contribution < -0.4 is 9.47 Å². The van der Waals surface area contributed by atoms with Gasteiger partial charge < -0.3 is 19.5 Å². The minimum Gasteiger partial charge on any atom is -0.490 e. The lowest BCUT2D eigenvalue weighted by atomic mass is 9.61. The average Bonchev–Trinajstić information content (AvgIpc) is 2.86. The van der Waals surface area contributed by atoms with Crippen molar-refractivity contribution in [1.82, 2.24) is 4.90 Å². The molecule has 0 aliphatic heterocycles. The highest BCUT2D eigenvalue weighted by Gasteiger charge is 2.46. The number of hydrogen-bond acceptors (Lipinski definition) is 4. The van der Waals surface area contributed by atoms with Gasteiger partial charge in [-0.15, -0.1) is 0 Å². The number of fused-ring (bicyclic) bond motifs is 2. The van der Waals surface area contributed by atoms with Gasteiger partial charge in [0.2, 0.25) is 0 Å². The van der Waals surface area contributed by atoms with Gasteiger partial charge in [-0.1, -0.05) is 49.4 Å². The molecule has 0 heterocycles. The summed E-state index contributed by atoms with van der Waals surface area (Å²) in [5.74, 6) is 2.40. The van der Waals surface area contributed by atoms with Gasteiger partial charge in [0.15, 0.2) is 11.5 Å². The fourth-order valence-corrected chi connectivity index (χ4v) is 5.75. The zero-order chi connectivity index (χ0) is 24.0. The van der Waals surface area contributed by atoms with Crippen LogP contribution in [0.2, 0.25) is 0 Å². The monoisotopic (exact) mass is 463 g/mol. The Morgan fingerprint density at radius 3 is 2.38 bits per heavy atom. The van der Waals surface area contributed by atoms with Crippen LogP contribution in [0, 0.1) is 11.8 Å². The molecule has 2 aromatic carbocycles. The van der Waals surface area contributed by atoms with E-state index in [9.17, 15) is 5.11 Å². The molecule has 3 aliphatic carbocycles. The van der Waals surface area contributed by atoms with Crippen LogP contribution in [-0.4, -0.2) is 48.5 Å². The van der Waals surface area contributed by atoms with Crippen molar-refractivity contribution >= 4 is 5.57 Å². The van der Waals surface area contributed by atoms with Crippen molar-refractivity contribution in [2.24, 2.45) is 11.8 Å². The van der Waals surface area contributed by atoms with E-state index in [0.717, 1.165) is 56.8 Å². The van der Waals surface area contributed by atoms with Gasteiger partial charge >= 0.3 is 0 Å². The van der Waals surface area contributed by atoms with Crippen LogP contribution in [0.4, 0.5) is 0 Å². The van der Waals surface area contributed by atoms with Crippen molar-refractivity contribution in [3.05, 3.63) is 65.7 Å². The molecule has 0 amide bonds. The number of aliphatic hydroxyl groups is 1. The van der Waals surface area contributed by atoms with Crippen LogP contribution in [0.3, 0.4) is 0 Å². The Bertz CT molecular complexity index is 957. The molecule has 1 N–H and O–H groups in total. The maximum Gasteiger partial charge on any atom is 0.161 e. The summed E-state index contributed by atoms with van der Waals surface area (Å²) in [6.45, 7) is 10.4. The van der Waals surface area contributed by atoms with Crippen molar-refractivity contribution < 1.29 is 14.6 Å². The molecule has 1 saturated carbocycles. The standard InChI is InChI=1S/C30H41NO3/c1-4-31(18-16-23-12-15-28(33-5-2)29(20-23)34-6-3)19-17-30(32)22-25-13-14-26(30)21-27(25)24-10-8-7-9-11-24/h7-12,15,20-21,25-26,32H,4-6,13-14,16-19,22H2,1-3H3. The molecular formula is C30H41NO3. The van der Waals surface area contributed by atoms with Crippen LogP contribution in [-0.2, 0) is 6.42 Å². The van der Waals surface area contributed by atoms with Gasteiger partial charge in [0.25, 0.3) is 0 Å². The average molecular weight is 464 g/mol. The van der Waals surface area contributed by atoms with Gasteiger partial charge in [-0.05, 0) is 87.2 Å². The Labute approximate surface area is 205 Å². The van der Waals surface area contributed by atoms with E-state index in [-0.39, 0.29) is 5.92 Å². The van der Waals surface area contributed by atoms with E-state index in [1.165, 1.54) is 23.1 Å². The van der Waals surface area contributed by atoms with Crippen molar-refractivity contribution in [3.8, 4) is 11.5 Å². The number of ether oxygens (including phenoxy) is 2. The fourth-order valence-electron chi connectivity index (χ4n) is 5.75. The molecule has 184 valence electrons. The van der Waals surface area contributed by atoms with E-state index in [1.54, 1.807) is 0 Å². The molecule has 0 saturated heterocycles. The minimum atomic E-state index is -0.574. The first-order valence-corrected chi connectivity index (χ1v) is 13.2. The molecule has 3 aliphatic rings. The number of hydrogen-bond donors (Lipinski definition) is 1. The molecule has 5 rings (SSSR count). The van der Waals surface area contributed by atoms with Crippen molar-refractivity contribution in [3.63, 3.8) is 0 Å². The predicted octanol–water partition coefficient (Wildman–Crippen LogP) is 5.98. The lowest BCUT2D eigenvalue weighted by molar-refractivity contribution is -0.0582. The molecule has 2 bridgehead atoms. The fraction of sp³-hybridized carbons (Fsp3) is 0.533. The van der Waals surface area contributed by atoms with E-state index >= 15 is 0 Å². The van der Waals surface area contributed by atoms with Gasteiger partial charge in [0.05, 0.1) is 18.8 Å². The van der Waals surface area contributed by atoms with E-state index in [0.29, 0.717) is 19.1 Å². The normalized spacial score (nSPS) is 23.7. The summed E-state index contributed by atoms with van der Waals surface area (Å²) < 4.78 is 11.5. The maximum atomic E-state index is 11.6. The molecule has 2 aromatic rings. The third-order valence-electron chi connectivity index (χ3n) is 7.68. The van der Waals surface area contributed by atoms with Crippen LogP contribution in [0.25, 0.3) is 5.57 Å². The molecular weight excluding hydrogens is 422 g/mol. The highest BCUT2D eigenvalue weighted by atomic mass is 16.5. The van der Waals surface area contributed by atoms with Crippen LogP contribution in [0.15, 0.2) is 54.6 Å². The van der Waals surface area contributed by atoms with Gasteiger partial charge in [-0.3, -0.25) is 0 Å². The van der Waals surface area contributed by atoms with Crippen molar-refractivity contribution in [2.75, 3.05) is 32.8 Å². The summed E-state index contributed by atoms with van der Waals surface area (Å²) in [5, 5.41) is 11.6. The summed E-state index contributed by atoms with van der Waals surface area (Å²) in [4.78, 5) is 2.47. The van der Waals surface area contributed by atoms with Crippen LogP contribution in [0.1, 0.15) is 57.6 Å². The maximum absolute atomic E-state index is 11.6. The molecule has 0 spiro atoms. The van der Waals surface area contributed by atoms with E-state index in [1.807, 2.05) is 19.9 Å². The van der Waals surface area contributed by atoms with Crippen molar-refractivity contribution in [1.29, 1.82) is 0 Å². The highest BCUT2D eigenvalue weighted by Crippen LogP contribution is 2.51. The lowest BCUT2D eigenvalue weighted by Gasteiger charge is -2.48. The number of allylic oxidation sites excluding steroid dienone is 1. The third-order valence-corrected chi connectivity index (χ3v) is 7.68. The largest absolute Gasteiger partial charge is 0.490 e. The predicted molar refractivity (Wildman–Crippen MR) is 139 cm³/mol. The third kappa shape index (κ3) is 5.67.